The maximum absolute atomic E-state index is 13.3. The number of hydrogen-bond acceptors (Lipinski definition) is 5. The molecule has 3 aliphatic rings. The highest BCUT2D eigenvalue weighted by atomic mass is 16.5. The Balaban J connectivity index is 1.08. The zero-order valence-electron chi connectivity index (χ0n) is 21.6. The van der Waals surface area contributed by atoms with Crippen LogP contribution in [0.3, 0.4) is 0 Å². The van der Waals surface area contributed by atoms with Gasteiger partial charge in [0.05, 0.1) is 22.9 Å². The molecule has 2 aliphatic heterocycles. The van der Waals surface area contributed by atoms with Crippen LogP contribution in [0.15, 0.2) is 66.9 Å². The number of nitrogens with one attached hydrogen (secondary N) is 2. The normalized spacial score (nSPS) is 23.9. The average Bonchev–Trinajstić information content (AvgIpc) is 3.67. The number of nitrogens with zero attached hydrogens (tertiary/aromatic N) is 3. The zero-order valence-corrected chi connectivity index (χ0v) is 21.6. The molecule has 2 aromatic carbocycles. The van der Waals surface area contributed by atoms with Crippen LogP contribution in [0.5, 0.6) is 5.75 Å². The molecule has 7 heteroatoms. The zero-order chi connectivity index (χ0) is 25.6. The highest BCUT2D eigenvalue weighted by Gasteiger charge is 2.39. The Hall–Kier alpha value is -3.71. The lowest BCUT2D eigenvalue weighted by Crippen LogP contribution is -2.43. The number of amides is 1. The van der Waals surface area contributed by atoms with Crippen molar-refractivity contribution in [3.63, 3.8) is 0 Å². The first kappa shape index (κ1) is 23.4. The van der Waals surface area contributed by atoms with Gasteiger partial charge in [-0.1, -0.05) is 6.07 Å². The van der Waals surface area contributed by atoms with Gasteiger partial charge in [0.1, 0.15) is 11.9 Å². The van der Waals surface area contributed by atoms with Crippen LogP contribution in [0.4, 0.5) is 0 Å². The van der Waals surface area contributed by atoms with Gasteiger partial charge in [-0.3, -0.25) is 14.9 Å². The summed E-state index contributed by atoms with van der Waals surface area (Å²) < 4.78 is 6.38. The number of ether oxygens (including phenoxy) is 1. The van der Waals surface area contributed by atoms with Crippen molar-refractivity contribution >= 4 is 16.8 Å². The van der Waals surface area contributed by atoms with Gasteiger partial charge in [-0.25, -0.2) is 0 Å². The van der Waals surface area contributed by atoms with Gasteiger partial charge in [0.15, 0.2) is 0 Å². The van der Waals surface area contributed by atoms with Crippen LogP contribution in [0, 0.1) is 5.92 Å². The van der Waals surface area contributed by atoms with Gasteiger partial charge in [0.25, 0.3) is 5.91 Å². The Labute approximate surface area is 222 Å². The third kappa shape index (κ3) is 4.45. The summed E-state index contributed by atoms with van der Waals surface area (Å²) >= 11 is 0. The number of pyridine rings is 1. The van der Waals surface area contributed by atoms with Gasteiger partial charge >= 0.3 is 0 Å². The Morgan fingerprint density at radius 1 is 1.03 bits per heavy atom. The number of aromatic nitrogens is 3. The van der Waals surface area contributed by atoms with E-state index in [1.54, 1.807) is 6.20 Å². The van der Waals surface area contributed by atoms with E-state index in [0.29, 0.717) is 23.6 Å². The SMILES string of the molecule is CN1[C@@H]2CC[C@H]1C[C@H](Oc1ccc(-c3n[nH]c4ccc(C(=O)N[C@@H](c5ccccn5)C5CC5)cc34)cc1)C2. The second-order valence-electron chi connectivity index (χ2n) is 11.2. The number of aromatic amines is 1. The largest absolute Gasteiger partial charge is 0.490 e. The number of H-pyrrole nitrogens is 1. The number of benzene rings is 2. The topological polar surface area (TPSA) is 83.1 Å². The molecule has 2 aromatic heterocycles. The van der Waals surface area contributed by atoms with E-state index in [9.17, 15) is 4.79 Å². The van der Waals surface area contributed by atoms with E-state index >= 15 is 0 Å². The molecule has 3 fully saturated rings. The van der Waals surface area contributed by atoms with Gasteiger partial charge in [0.2, 0.25) is 0 Å². The third-order valence-electron chi connectivity index (χ3n) is 8.70. The molecule has 0 unspecified atom stereocenters. The summed E-state index contributed by atoms with van der Waals surface area (Å²) in [6, 6.07) is 21.0. The van der Waals surface area contributed by atoms with Gasteiger partial charge in [-0.05, 0) is 106 Å². The summed E-state index contributed by atoms with van der Waals surface area (Å²) in [6.07, 6.45) is 9.09. The predicted octanol–water partition coefficient (Wildman–Crippen LogP) is 5.51. The molecule has 1 amide bonds. The fourth-order valence-corrected chi connectivity index (χ4v) is 6.36. The lowest BCUT2D eigenvalue weighted by Gasteiger charge is -2.36. The maximum atomic E-state index is 13.3. The van der Waals surface area contributed by atoms with E-state index in [-0.39, 0.29) is 18.1 Å². The molecule has 4 atom stereocenters. The minimum atomic E-state index is -0.0857. The monoisotopic (exact) mass is 507 g/mol. The van der Waals surface area contributed by atoms with Crippen LogP contribution in [-0.2, 0) is 0 Å². The minimum absolute atomic E-state index is 0.0597. The molecule has 4 heterocycles. The third-order valence-corrected chi connectivity index (χ3v) is 8.70. The Morgan fingerprint density at radius 3 is 2.53 bits per heavy atom. The fourth-order valence-electron chi connectivity index (χ4n) is 6.36. The summed E-state index contributed by atoms with van der Waals surface area (Å²) in [4.78, 5) is 20.3. The molecule has 4 aromatic rings. The quantitative estimate of drug-likeness (QED) is 0.345. The Morgan fingerprint density at radius 2 is 1.82 bits per heavy atom. The van der Waals surface area contributed by atoms with Crippen molar-refractivity contribution in [3.05, 3.63) is 78.1 Å². The molecular formula is C31H33N5O2. The van der Waals surface area contributed by atoms with E-state index in [1.807, 2.05) is 48.5 Å². The molecule has 2 N–H and O–H groups in total. The molecule has 2 bridgehead atoms. The lowest BCUT2D eigenvalue weighted by molar-refractivity contribution is 0.0662. The summed E-state index contributed by atoms with van der Waals surface area (Å²) in [6.45, 7) is 0. The fraction of sp³-hybridized carbons (Fsp3) is 0.387. The number of carbonyl (C=O) groups excluding carboxylic acids is 1. The van der Waals surface area contributed by atoms with Gasteiger partial charge in [-0.15, -0.1) is 0 Å². The molecule has 7 rings (SSSR count). The number of rotatable bonds is 7. The summed E-state index contributed by atoms with van der Waals surface area (Å²) in [5.74, 6) is 1.27. The van der Waals surface area contributed by atoms with Crippen LogP contribution < -0.4 is 10.1 Å². The minimum Gasteiger partial charge on any atom is -0.490 e. The van der Waals surface area contributed by atoms with Gasteiger partial charge < -0.3 is 15.0 Å². The maximum Gasteiger partial charge on any atom is 0.251 e. The molecule has 38 heavy (non-hydrogen) atoms. The smallest absolute Gasteiger partial charge is 0.251 e. The van der Waals surface area contributed by atoms with Crippen molar-refractivity contribution in [2.24, 2.45) is 5.92 Å². The number of piperidine rings is 1. The Bertz CT molecular complexity index is 1430. The molecule has 0 radical (unpaired) electrons. The van der Waals surface area contributed by atoms with Crippen molar-refractivity contribution in [1.29, 1.82) is 0 Å². The number of fused-ring (bicyclic) bond motifs is 3. The Kier molecular flexibility index (Phi) is 5.88. The predicted molar refractivity (Wildman–Crippen MR) is 147 cm³/mol. The summed E-state index contributed by atoms with van der Waals surface area (Å²) in [5, 5.41) is 11.9. The first-order chi connectivity index (χ1) is 18.6. The van der Waals surface area contributed by atoms with Crippen molar-refractivity contribution in [1.82, 2.24) is 25.4 Å². The van der Waals surface area contributed by atoms with Crippen LogP contribution in [0.25, 0.3) is 22.2 Å². The van der Waals surface area contributed by atoms with Gasteiger partial charge in [0, 0.05) is 34.8 Å². The molecule has 194 valence electrons. The van der Waals surface area contributed by atoms with Crippen LogP contribution >= 0.6 is 0 Å². The van der Waals surface area contributed by atoms with Crippen molar-refractivity contribution in [2.75, 3.05) is 7.05 Å². The molecule has 1 saturated carbocycles. The second kappa shape index (κ2) is 9.55. The van der Waals surface area contributed by atoms with Crippen molar-refractivity contribution in [2.45, 2.75) is 62.8 Å². The summed E-state index contributed by atoms with van der Waals surface area (Å²) in [5.41, 5.74) is 4.28. The van der Waals surface area contributed by atoms with E-state index < -0.39 is 0 Å². The highest BCUT2D eigenvalue weighted by Crippen LogP contribution is 2.41. The molecule has 7 nitrogen and oxygen atoms in total. The lowest BCUT2D eigenvalue weighted by atomic mass is 10.0. The molecule has 0 spiro atoms. The molecule has 2 saturated heterocycles. The van der Waals surface area contributed by atoms with Crippen LogP contribution in [0.2, 0.25) is 0 Å². The number of hydrogen-bond donors (Lipinski definition) is 2. The van der Waals surface area contributed by atoms with E-state index in [0.717, 1.165) is 59.3 Å². The highest BCUT2D eigenvalue weighted by molar-refractivity contribution is 6.01. The van der Waals surface area contributed by atoms with Crippen molar-refractivity contribution in [3.8, 4) is 17.0 Å². The first-order valence-corrected chi connectivity index (χ1v) is 13.8. The van der Waals surface area contributed by atoms with Crippen LogP contribution in [0.1, 0.15) is 60.6 Å². The van der Waals surface area contributed by atoms with Crippen molar-refractivity contribution < 1.29 is 9.53 Å². The van der Waals surface area contributed by atoms with E-state index in [4.69, 9.17) is 4.74 Å². The average molecular weight is 508 g/mol. The standard InChI is InChI=1S/C31H33N5O2/c1-36-22-10-11-23(36)18-25(17-22)38-24-12-7-19(8-13-24)29-26-16-21(9-14-27(26)34-35-29)31(37)33-30(20-5-6-20)28-4-2-3-15-32-28/h2-4,7-9,12-16,20,22-23,25,30H,5-6,10-11,17-18H2,1H3,(H,33,37)(H,34,35)/t22-,23+,25-,30-/m1/s1. The van der Waals surface area contributed by atoms with Crippen LogP contribution in [-0.4, -0.2) is 51.2 Å². The second-order valence-corrected chi connectivity index (χ2v) is 11.2. The van der Waals surface area contributed by atoms with Gasteiger partial charge in [-0.2, -0.15) is 5.10 Å². The molecular weight excluding hydrogens is 474 g/mol. The first-order valence-electron chi connectivity index (χ1n) is 13.8. The summed E-state index contributed by atoms with van der Waals surface area (Å²) in [7, 11) is 2.25. The molecule has 1 aliphatic carbocycles. The number of carbonyl (C=O) groups is 1. The van der Waals surface area contributed by atoms with E-state index in [2.05, 4.69) is 44.6 Å². The van der Waals surface area contributed by atoms with E-state index in [1.165, 1.54) is 12.8 Å².